The predicted octanol–water partition coefficient (Wildman–Crippen LogP) is 2.82. The molecule has 1 saturated heterocycles. The van der Waals surface area contributed by atoms with E-state index in [0.29, 0.717) is 19.2 Å². The Hall–Kier alpha value is -2.87. The molecule has 0 spiro atoms. The SMILES string of the molecule is CCCOc1cc(CN(c2cnc(C(=O)OC)cn2)C2CCNCC2)ccc1OC. The molecule has 0 bridgehead atoms. The molecule has 2 aromatic rings. The third-order valence-corrected chi connectivity index (χ3v) is 5.12. The molecule has 1 N–H and O–H groups in total. The first kappa shape index (κ1) is 21.8. The molecule has 0 amide bonds. The average molecular weight is 415 g/mol. The van der Waals surface area contributed by atoms with Gasteiger partial charge < -0.3 is 24.4 Å². The van der Waals surface area contributed by atoms with Gasteiger partial charge in [0.1, 0.15) is 5.82 Å². The summed E-state index contributed by atoms with van der Waals surface area (Å²) in [6.07, 6.45) is 6.06. The highest BCUT2D eigenvalue weighted by Gasteiger charge is 2.24. The molecule has 1 fully saturated rings. The van der Waals surface area contributed by atoms with E-state index in [1.165, 1.54) is 13.3 Å². The first-order valence-corrected chi connectivity index (χ1v) is 10.3. The van der Waals surface area contributed by atoms with Crippen LogP contribution in [0.3, 0.4) is 0 Å². The number of hydrogen-bond donors (Lipinski definition) is 1. The highest BCUT2D eigenvalue weighted by atomic mass is 16.5. The second-order valence-electron chi connectivity index (χ2n) is 7.19. The van der Waals surface area contributed by atoms with E-state index in [1.807, 2.05) is 18.2 Å². The summed E-state index contributed by atoms with van der Waals surface area (Å²) in [5.74, 6) is 1.72. The lowest BCUT2D eigenvalue weighted by atomic mass is 10.0. The average Bonchev–Trinajstić information content (AvgIpc) is 2.81. The first-order chi connectivity index (χ1) is 14.7. The van der Waals surface area contributed by atoms with Gasteiger partial charge in [0.2, 0.25) is 0 Å². The Balaban J connectivity index is 1.86. The van der Waals surface area contributed by atoms with Crippen LogP contribution in [0.2, 0.25) is 0 Å². The summed E-state index contributed by atoms with van der Waals surface area (Å²) in [5.41, 5.74) is 1.30. The van der Waals surface area contributed by atoms with Crippen molar-refractivity contribution < 1.29 is 19.0 Å². The van der Waals surface area contributed by atoms with Crippen molar-refractivity contribution >= 4 is 11.8 Å². The van der Waals surface area contributed by atoms with Gasteiger partial charge in [-0.25, -0.2) is 14.8 Å². The molecule has 1 aromatic heterocycles. The van der Waals surface area contributed by atoms with Crippen LogP contribution in [0.5, 0.6) is 11.5 Å². The van der Waals surface area contributed by atoms with Crippen LogP contribution in [0, 0.1) is 0 Å². The quantitative estimate of drug-likeness (QED) is 0.627. The van der Waals surface area contributed by atoms with Gasteiger partial charge >= 0.3 is 5.97 Å². The highest BCUT2D eigenvalue weighted by Crippen LogP contribution is 2.30. The lowest BCUT2D eigenvalue weighted by molar-refractivity contribution is 0.0593. The summed E-state index contributed by atoms with van der Waals surface area (Å²) in [7, 11) is 2.98. The first-order valence-electron chi connectivity index (χ1n) is 10.3. The van der Waals surface area contributed by atoms with Crippen LogP contribution in [-0.2, 0) is 11.3 Å². The Morgan fingerprint density at radius 1 is 1.17 bits per heavy atom. The predicted molar refractivity (Wildman–Crippen MR) is 114 cm³/mol. The Kier molecular flexibility index (Phi) is 7.84. The van der Waals surface area contributed by atoms with Crippen LogP contribution in [0.4, 0.5) is 5.82 Å². The number of hydrogen-bond acceptors (Lipinski definition) is 8. The number of piperidine rings is 1. The van der Waals surface area contributed by atoms with Gasteiger partial charge in [-0.15, -0.1) is 0 Å². The van der Waals surface area contributed by atoms with Crippen molar-refractivity contribution in [3.8, 4) is 11.5 Å². The van der Waals surface area contributed by atoms with Crippen molar-refractivity contribution in [1.82, 2.24) is 15.3 Å². The number of anilines is 1. The minimum Gasteiger partial charge on any atom is -0.493 e. The second kappa shape index (κ2) is 10.8. The molecular formula is C22H30N4O4. The molecule has 1 aliphatic heterocycles. The zero-order valence-corrected chi connectivity index (χ0v) is 17.9. The van der Waals surface area contributed by atoms with Gasteiger partial charge in [0.25, 0.3) is 0 Å². The van der Waals surface area contributed by atoms with Crippen LogP contribution in [0.1, 0.15) is 42.2 Å². The van der Waals surface area contributed by atoms with Gasteiger partial charge in [-0.05, 0) is 50.0 Å². The minimum atomic E-state index is -0.490. The number of methoxy groups -OCH3 is 2. The van der Waals surface area contributed by atoms with Crippen LogP contribution in [0.25, 0.3) is 0 Å². The minimum absolute atomic E-state index is 0.200. The van der Waals surface area contributed by atoms with Gasteiger partial charge in [0.15, 0.2) is 17.2 Å². The fraction of sp³-hybridized carbons (Fsp3) is 0.500. The summed E-state index contributed by atoms with van der Waals surface area (Å²) in [6, 6.07) is 6.33. The van der Waals surface area contributed by atoms with Crippen molar-refractivity contribution in [2.75, 3.05) is 38.8 Å². The lowest BCUT2D eigenvalue weighted by Crippen LogP contribution is -2.43. The Morgan fingerprint density at radius 2 is 1.97 bits per heavy atom. The van der Waals surface area contributed by atoms with Crippen molar-refractivity contribution in [3.63, 3.8) is 0 Å². The van der Waals surface area contributed by atoms with E-state index in [2.05, 4.69) is 27.1 Å². The number of carbonyl (C=O) groups is 1. The largest absolute Gasteiger partial charge is 0.493 e. The summed E-state index contributed by atoms with van der Waals surface area (Å²) >= 11 is 0. The van der Waals surface area contributed by atoms with E-state index in [0.717, 1.165) is 55.2 Å². The Morgan fingerprint density at radius 3 is 2.60 bits per heavy atom. The summed E-state index contributed by atoms with van der Waals surface area (Å²) in [4.78, 5) is 22.7. The molecular weight excluding hydrogens is 384 g/mol. The van der Waals surface area contributed by atoms with Gasteiger partial charge in [0, 0.05) is 12.6 Å². The monoisotopic (exact) mass is 414 g/mol. The third-order valence-electron chi connectivity index (χ3n) is 5.12. The molecule has 30 heavy (non-hydrogen) atoms. The number of benzene rings is 1. The fourth-order valence-corrected chi connectivity index (χ4v) is 3.54. The topological polar surface area (TPSA) is 85.8 Å². The molecule has 2 heterocycles. The van der Waals surface area contributed by atoms with Crippen LogP contribution in [0.15, 0.2) is 30.6 Å². The summed E-state index contributed by atoms with van der Waals surface area (Å²) in [5, 5.41) is 3.40. The number of rotatable bonds is 9. The maximum absolute atomic E-state index is 11.7. The standard InChI is InChI=1S/C22H30N4O4/c1-4-11-30-20-12-16(5-6-19(20)28-2)15-26(17-7-9-23-10-8-17)21-14-24-18(13-25-21)22(27)29-3/h5-6,12-14,17,23H,4,7-11,15H2,1-3H3. The lowest BCUT2D eigenvalue weighted by Gasteiger charge is -2.35. The number of carbonyl (C=O) groups excluding carboxylic acids is 1. The zero-order chi connectivity index (χ0) is 21.3. The number of aromatic nitrogens is 2. The molecule has 8 nitrogen and oxygen atoms in total. The molecule has 1 aromatic carbocycles. The van der Waals surface area contributed by atoms with Crippen LogP contribution < -0.4 is 19.7 Å². The third kappa shape index (κ3) is 5.38. The highest BCUT2D eigenvalue weighted by molar-refractivity contribution is 5.86. The number of nitrogens with one attached hydrogen (secondary N) is 1. The van der Waals surface area contributed by atoms with Crippen LogP contribution in [-0.4, -0.2) is 55.9 Å². The molecule has 3 rings (SSSR count). The maximum atomic E-state index is 11.7. The second-order valence-corrected chi connectivity index (χ2v) is 7.19. The number of nitrogens with zero attached hydrogens (tertiary/aromatic N) is 3. The maximum Gasteiger partial charge on any atom is 0.358 e. The van der Waals surface area contributed by atoms with Crippen LogP contribution >= 0.6 is 0 Å². The van der Waals surface area contributed by atoms with Gasteiger partial charge in [-0.2, -0.15) is 0 Å². The van der Waals surface area contributed by atoms with E-state index in [1.54, 1.807) is 13.3 Å². The van der Waals surface area contributed by atoms with E-state index in [-0.39, 0.29) is 5.69 Å². The molecule has 0 unspecified atom stereocenters. The van der Waals surface area contributed by atoms with Crippen molar-refractivity contribution in [2.45, 2.75) is 38.8 Å². The van der Waals surface area contributed by atoms with Gasteiger partial charge in [-0.3, -0.25) is 0 Å². The van der Waals surface area contributed by atoms with E-state index >= 15 is 0 Å². The number of ether oxygens (including phenoxy) is 3. The van der Waals surface area contributed by atoms with Gasteiger partial charge in [-0.1, -0.05) is 13.0 Å². The van der Waals surface area contributed by atoms with E-state index < -0.39 is 5.97 Å². The summed E-state index contributed by atoms with van der Waals surface area (Å²) < 4.78 is 16.0. The number of esters is 1. The molecule has 0 atom stereocenters. The van der Waals surface area contributed by atoms with E-state index in [9.17, 15) is 4.79 Å². The molecule has 0 aliphatic carbocycles. The van der Waals surface area contributed by atoms with Crippen molar-refractivity contribution in [3.05, 3.63) is 41.9 Å². The molecule has 0 radical (unpaired) electrons. The van der Waals surface area contributed by atoms with Crippen molar-refractivity contribution in [2.24, 2.45) is 0 Å². The van der Waals surface area contributed by atoms with Gasteiger partial charge in [0.05, 0.1) is 33.2 Å². The van der Waals surface area contributed by atoms with E-state index in [4.69, 9.17) is 14.2 Å². The van der Waals surface area contributed by atoms with Crippen molar-refractivity contribution in [1.29, 1.82) is 0 Å². The molecule has 1 aliphatic rings. The normalized spacial score (nSPS) is 14.2. The Labute approximate surface area is 177 Å². The smallest absolute Gasteiger partial charge is 0.358 e. The zero-order valence-electron chi connectivity index (χ0n) is 17.9. The molecule has 162 valence electrons. The molecule has 0 saturated carbocycles. The summed E-state index contributed by atoms with van der Waals surface area (Å²) in [6.45, 7) is 5.29. The Bertz CT molecular complexity index is 822. The molecule has 8 heteroatoms. The fourth-order valence-electron chi connectivity index (χ4n) is 3.54.